The van der Waals surface area contributed by atoms with Gasteiger partial charge < -0.3 is 11.1 Å². The largest absolute Gasteiger partial charge is 0.355 e. The van der Waals surface area contributed by atoms with Crippen molar-refractivity contribution < 1.29 is 9.18 Å². The molecule has 21 heavy (non-hydrogen) atoms. The molecular weight excluding hydrogens is 337 g/mol. The van der Waals surface area contributed by atoms with Crippen molar-refractivity contribution in [2.75, 3.05) is 26.2 Å². The molecule has 0 aliphatic carbocycles. The van der Waals surface area contributed by atoms with Crippen LogP contribution in [0, 0.1) is 11.7 Å². The first-order chi connectivity index (χ1) is 10.1. The summed E-state index contributed by atoms with van der Waals surface area (Å²) in [6, 6.07) is 5.06. The number of halogens is 2. The van der Waals surface area contributed by atoms with Gasteiger partial charge in [0, 0.05) is 26.2 Å². The van der Waals surface area contributed by atoms with Crippen molar-refractivity contribution >= 4 is 21.8 Å². The van der Waals surface area contributed by atoms with Gasteiger partial charge >= 0.3 is 0 Å². The van der Waals surface area contributed by atoms with E-state index < -0.39 is 0 Å². The SMILES string of the molecule is NCCNC(=O)C1CCCN(Cc2ccc(F)c(Br)c2)C1. The summed E-state index contributed by atoms with van der Waals surface area (Å²) >= 11 is 3.20. The lowest BCUT2D eigenvalue weighted by Crippen LogP contribution is -2.43. The van der Waals surface area contributed by atoms with E-state index >= 15 is 0 Å². The maximum atomic E-state index is 13.2. The van der Waals surface area contributed by atoms with Crippen molar-refractivity contribution in [2.45, 2.75) is 19.4 Å². The summed E-state index contributed by atoms with van der Waals surface area (Å²) in [7, 11) is 0. The Morgan fingerprint density at radius 2 is 2.33 bits per heavy atom. The van der Waals surface area contributed by atoms with Gasteiger partial charge in [0.1, 0.15) is 5.82 Å². The molecule has 6 heteroatoms. The van der Waals surface area contributed by atoms with Crippen LogP contribution in [0.1, 0.15) is 18.4 Å². The molecule has 0 radical (unpaired) electrons. The van der Waals surface area contributed by atoms with E-state index in [1.165, 1.54) is 6.07 Å². The average Bonchev–Trinajstić information content (AvgIpc) is 2.49. The summed E-state index contributed by atoms with van der Waals surface area (Å²) in [6.07, 6.45) is 1.92. The zero-order valence-electron chi connectivity index (χ0n) is 11.9. The Bertz CT molecular complexity index is 498. The summed E-state index contributed by atoms with van der Waals surface area (Å²) in [6.45, 7) is 3.44. The molecule has 0 saturated carbocycles. The predicted molar refractivity (Wildman–Crippen MR) is 84.2 cm³/mol. The van der Waals surface area contributed by atoms with E-state index in [4.69, 9.17) is 5.73 Å². The molecule has 1 amide bonds. The van der Waals surface area contributed by atoms with Gasteiger partial charge in [0.15, 0.2) is 0 Å². The minimum absolute atomic E-state index is 0.0224. The van der Waals surface area contributed by atoms with E-state index in [1.54, 1.807) is 12.1 Å². The van der Waals surface area contributed by atoms with Crippen LogP contribution in [0.4, 0.5) is 4.39 Å². The maximum absolute atomic E-state index is 13.2. The standard InChI is InChI=1S/C15H21BrFN3O/c16-13-8-11(3-4-14(13)17)9-20-7-1-2-12(10-20)15(21)19-6-5-18/h3-4,8,12H,1-2,5-7,9-10,18H2,(H,19,21). The van der Waals surface area contributed by atoms with Gasteiger partial charge in [0.05, 0.1) is 10.4 Å². The van der Waals surface area contributed by atoms with E-state index in [2.05, 4.69) is 26.1 Å². The van der Waals surface area contributed by atoms with Gasteiger partial charge in [-0.15, -0.1) is 0 Å². The Balaban J connectivity index is 1.91. The van der Waals surface area contributed by atoms with Crippen LogP contribution in [0.5, 0.6) is 0 Å². The highest BCUT2D eigenvalue weighted by Crippen LogP contribution is 2.21. The number of piperidine rings is 1. The van der Waals surface area contributed by atoms with Gasteiger partial charge in [-0.1, -0.05) is 6.07 Å². The molecular formula is C15H21BrFN3O. The number of nitrogens with two attached hydrogens (primary N) is 1. The summed E-state index contributed by atoms with van der Waals surface area (Å²) in [5, 5.41) is 2.86. The zero-order chi connectivity index (χ0) is 15.2. The Labute approximate surface area is 133 Å². The number of nitrogens with zero attached hydrogens (tertiary/aromatic N) is 1. The highest BCUT2D eigenvalue weighted by Gasteiger charge is 2.25. The van der Waals surface area contributed by atoms with E-state index in [-0.39, 0.29) is 17.6 Å². The van der Waals surface area contributed by atoms with Crippen LogP contribution >= 0.6 is 15.9 Å². The number of carbonyl (C=O) groups is 1. The normalized spacial score (nSPS) is 19.5. The number of carbonyl (C=O) groups excluding carboxylic acids is 1. The molecule has 116 valence electrons. The van der Waals surface area contributed by atoms with Crippen molar-refractivity contribution in [1.82, 2.24) is 10.2 Å². The van der Waals surface area contributed by atoms with Crippen molar-refractivity contribution in [3.63, 3.8) is 0 Å². The lowest BCUT2D eigenvalue weighted by Gasteiger charge is -2.32. The van der Waals surface area contributed by atoms with Crippen LogP contribution < -0.4 is 11.1 Å². The second-order valence-corrected chi connectivity index (χ2v) is 6.26. The van der Waals surface area contributed by atoms with Gasteiger partial charge in [-0.2, -0.15) is 0 Å². The summed E-state index contributed by atoms with van der Waals surface area (Å²) < 4.78 is 13.7. The van der Waals surface area contributed by atoms with E-state index in [0.29, 0.717) is 17.6 Å². The molecule has 4 nitrogen and oxygen atoms in total. The Hall–Kier alpha value is -0.980. The van der Waals surface area contributed by atoms with Crippen molar-refractivity contribution in [3.8, 4) is 0 Å². The summed E-state index contributed by atoms with van der Waals surface area (Å²) in [5.41, 5.74) is 6.45. The van der Waals surface area contributed by atoms with Gasteiger partial charge in [0.25, 0.3) is 0 Å². The van der Waals surface area contributed by atoms with E-state index in [1.807, 2.05) is 0 Å². The monoisotopic (exact) mass is 357 g/mol. The fourth-order valence-corrected chi connectivity index (χ4v) is 3.08. The quantitative estimate of drug-likeness (QED) is 0.845. The second kappa shape index (κ2) is 7.87. The highest BCUT2D eigenvalue weighted by molar-refractivity contribution is 9.10. The number of nitrogens with one attached hydrogen (secondary N) is 1. The number of rotatable bonds is 5. The Morgan fingerprint density at radius 3 is 3.05 bits per heavy atom. The first kappa shape index (κ1) is 16.4. The number of hydrogen-bond donors (Lipinski definition) is 2. The van der Waals surface area contributed by atoms with Crippen LogP contribution in [-0.2, 0) is 11.3 Å². The minimum atomic E-state index is -0.253. The van der Waals surface area contributed by atoms with Crippen molar-refractivity contribution in [1.29, 1.82) is 0 Å². The van der Waals surface area contributed by atoms with Crippen molar-refractivity contribution in [3.05, 3.63) is 34.1 Å². The topological polar surface area (TPSA) is 58.4 Å². The minimum Gasteiger partial charge on any atom is -0.355 e. The zero-order valence-corrected chi connectivity index (χ0v) is 13.5. The second-order valence-electron chi connectivity index (χ2n) is 5.40. The number of benzene rings is 1. The van der Waals surface area contributed by atoms with Gasteiger partial charge in [-0.05, 0) is 53.0 Å². The number of likely N-dealkylation sites (tertiary alicyclic amines) is 1. The molecule has 1 saturated heterocycles. The number of hydrogen-bond acceptors (Lipinski definition) is 3. The lowest BCUT2D eigenvalue weighted by atomic mass is 9.96. The van der Waals surface area contributed by atoms with Gasteiger partial charge in [0.2, 0.25) is 5.91 Å². The summed E-state index contributed by atoms with van der Waals surface area (Å²) in [4.78, 5) is 14.2. The molecule has 0 spiro atoms. The molecule has 1 fully saturated rings. The van der Waals surface area contributed by atoms with Crippen LogP contribution in [0.3, 0.4) is 0 Å². The Morgan fingerprint density at radius 1 is 1.52 bits per heavy atom. The predicted octanol–water partition coefficient (Wildman–Crippen LogP) is 1.88. The third-order valence-corrected chi connectivity index (χ3v) is 4.32. The van der Waals surface area contributed by atoms with Crippen LogP contribution in [0.25, 0.3) is 0 Å². The smallest absolute Gasteiger partial charge is 0.224 e. The van der Waals surface area contributed by atoms with E-state index in [0.717, 1.165) is 38.0 Å². The molecule has 0 bridgehead atoms. The maximum Gasteiger partial charge on any atom is 0.224 e. The third-order valence-electron chi connectivity index (χ3n) is 3.71. The molecule has 1 aromatic rings. The third kappa shape index (κ3) is 4.76. The molecule has 1 aliphatic rings. The van der Waals surface area contributed by atoms with Gasteiger partial charge in [-0.3, -0.25) is 9.69 Å². The fraction of sp³-hybridized carbons (Fsp3) is 0.533. The van der Waals surface area contributed by atoms with Crippen LogP contribution in [0.2, 0.25) is 0 Å². The molecule has 1 unspecified atom stereocenters. The summed E-state index contributed by atoms with van der Waals surface area (Å²) in [5.74, 6) is -0.143. The van der Waals surface area contributed by atoms with Crippen molar-refractivity contribution in [2.24, 2.45) is 11.7 Å². The van der Waals surface area contributed by atoms with Gasteiger partial charge in [-0.25, -0.2) is 4.39 Å². The first-order valence-corrected chi connectivity index (χ1v) is 8.03. The molecule has 1 aliphatic heterocycles. The van der Waals surface area contributed by atoms with E-state index in [9.17, 15) is 9.18 Å². The average molecular weight is 358 g/mol. The number of amides is 1. The highest BCUT2D eigenvalue weighted by atomic mass is 79.9. The molecule has 1 aromatic carbocycles. The molecule has 3 N–H and O–H groups in total. The Kier molecular flexibility index (Phi) is 6.14. The lowest BCUT2D eigenvalue weighted by molar-refractivity contribution is -0.126. The fourth-order valence-electron chi connectivity index (χ4n) is 2.65. The molecule has 0 aromatic heterocycles. The molecule has 2 rings (SSSR count). The molecule has 1 atom stereocenters. The van der Waals surface area contributed by atoms with Crippen LogP contribution in [-0.4, -0.2) is 37.0 Å². The molecule has 1 heterocycles. The first-order valence-electron chi connectivity index (χ1n) is 7.24. The van der Waals surface area contributed by atoms with Crippen LogP contribution in [0.15, 0.2) is 22.7 Å².